The van der Waals surface area contributed by atoms with Crippen LogP contribution in [0.4, 0.5) is 25.1 Å². The highest BCUT2D eigenvalue weighted by atomic mass is 32.5. The number of carboxylic acids is 1. The Labute approximate surface area is 149 Å². The molecule has 2 rings (SSSR count). The third-order valence-electron chi connectivity index (χ3n) is 3.53. The first-order chi connectivity index (χ1) is 12.1. The number of rotatable bonds is 5. The number of amides is 1. The Hall–Kier alpha value is -2.41. The van der Waals surface area contributed by atoms with E-state index >= 15 is 0 Å². The number of esters is 1. The molecule has 0 aromatic heterocycles. The molecular formula is C14H14F5NO6S. The maximum atomic E-state index is 12.8. The first kappa shape index (κ1) is 20.9. The lowest BCUT2D eigenvalue weighted by molar-refractivity contribution is -0.177. The van der Waals surface area contributed by atoms with E-state index in [1.807, 2.05) is 0 Å². The van der Waals surface area contributed by atoms with Crippen LogP contribution in [-0.4, -0.2) is 48.3 Å². The van der Waals surface area contributed by atoms with Gasteiger partial charge in [0.05, 0.1) is 6.61 Å². The van der Waals surface area contributed by atoms with E-state index in [0.29, 0.717) is 12.1 Å². The van der Waals surface area contributed by atoms with E-state index in [1.165, 1.54) is 0 Å². The third-order valence-corrected chi connectivity index (χ3v) is 4.69. The van der Waals surface area contributed by atoms with E-state index in [-0.39, 0.29) is 31.0 Å². The Kier molecular flexibility index (Phi) is 4.69. The second-order valence-corrected chi connectivity index (χ2v) is 8.02. The van der Waals surface area contributed by atoms with Crippen molar-refractivity contribution in [2.24, 2.45) is 0 Å². The van der Waals surface area contributed by atoms with Gasteiger partial charge in [-0.2, -0.15) is 0 Å². The molecule has 0 aliphatic carbocycles. The summed E-state index contributed by atoms with van der Waals surface area (Å²) in [5, 5.41) is 9.10. The van der Waals surface area contributed by atoms with E-state index in [2.05, 4.69) is 4.74 Å². The number of hydrogen-bond donors (Lipinski definition) is 1. The van der Waals surface area contributed by atoms with Crippen molar-refractivity contribution in [1.82, 2.24) is 0 Å². The molecule has 0 spiro atoms. The zero-order chi connectivity index (χ0) is 20.7. The molecule has 1 aliphatic rings. The molecule has 1 aromatic rings. The number of anilines is 1. The van der Waals surface area contributed by atoms with Crippen LogP contribution in [0, 0.1) is 0 Å². The van der Waals surface area contributed by atoms with Crippen molar-refractivity contribution in [3.05, 3.63) is 24.3 Å². The van der Waals surface area contributed by atoms with Crippen LogP contribution < -0.4 is 4.90 Å². The van der Waals surface area contributed by atoms with Crippen molar-refractivity contribution in [1.29, 1.82) is 0 Å². The van der Waals surface area contributed by atoms with Crippen LogP contribution in [0.3, 0.4) is 0 Å². The van der Waals surface area contributed by atoms with Crippen LogP contribution in [0.2, 0.25) is 0 Å². The van der Waals surface area contributed by atoms with Crippen LogP contribution >= 0.6 is 10.2 Å². The number of aliphatic carboxylic acids is 1. The molecule has 1 fully saturated rings. The average Bonchev–Trinajstić information content (AvgIpc) is 2.51. The third kappa shape index (κ3) is 4.86. The van der Waals surface area contributed by atoms with E-state index in [0.717, 1.165) is 11.8 Å². The lowest BCUT2D eigenvalue weighted by Crippen LogP contribution is -2.55. The van der Waals surface area contributed by atoms with Gasteiger partial charge in [-0.05, 0) is 24.3 Å². The fraction of sp³-hybridized carbons (Fsp3) is 0.357. The fourth-order valence-corrected chi connectivity index (χ4v) is 3.03. The van der Waals surface area contributed by atoms with Crippen LogP contribution in [0.1, 0.15) is 6.92 Å². The van der Waals surface area contributed by atoms with Gasteiger partial charge in [0.2, 0.25) is 6.10 Å². The molecule has 1 saturated heterocycles. The van der Waals surface area contributed by atoms with E-state index in [9.17, 15) is 33.8 Å². The summed E-state index contributed by atoms with van der Waals surface area (Å²) in [5.41, 5.74) is -0.175. The zero-order valence-electron chi connectivity index (χ0n) is 13.6. The molecular weight excluding hydrogens is 405 g/mol. The molecule has 1 heterocycles. The summed E-state index contributed by atoms with van der Waals surface area (Å²) >= 11 is 0. The number of halogens is 5. The molecule has 0 radical (unpaired) electrons. The highest BCUT2D eigenvalue weighted by Crippen LogP contribution is 3.02. The summed E-state index contributed by atoms with van der Waals surface area (Å²) < 4.78 is 73.4. The zero-order valence-corrected chi connectivity index (χ0v) is 14.4. The Morgan fingerprint density at radius 1 is 1.22 bits per heavy atom. The van der Waals surface area contributed by atoms with Crippen molar-refractivity contribution < 1.29 is 48.4 Å². The number of carbonyl (C=O) groups is 3. The van der Waals surface area contributed by atoms with Gasteiger partial charge < -0.3 is 19.5 Å². The Morgan fingerprint density at radius 3 is 2.22 bits per heavy atom. The Bertz CT molecular complexity index is 782. The van der Waals surface area contributed by atoms with Gasteiger partial charge in [0.25, 0.3) is 5.91 Å². The molecule has 152 valence electrons. The second kappa shape index (κ2) is 6.05. The standard InChI is InChI=1S/C14H14F5NO6S/c1-8(21)26-12(14(23)24)11-13(22)20(6-7-25-11)9-2-4-10(5-3-9)27(15,16,17,18)19/h2-5,11-12H,6-7H2,1H3,(H,23,24). The van der Waals surface area contributed by atoms with Crippen LogP contribution in [-0.2, 0) is 23.9 Å². The maximum absolute atomic E-state index is 12.8. The van der Waals surface area contributed by atoms with Gasteiger partial charge in [-0.15, -0.1) is 0 Å². The molecule has 27 heavy (non-hydrogen) atoms. The van der Waals surface area contributed by atoms with Crippen molar-refractivity contribution in [2.75, 3.05) is 18.1 Å². The predicted molar refractivity (Wildman–Crippen MR) is 83.1 cm³/mol. The molecule has 0 bridgehead atoms. The number of benzene rings is 1. The van der Waals surface area contributed by atoms with Crippen molar-refractivity contribution in [3.8, 4) is 0 Å². The minimum absolute atomic E-state index is 0.134. The van der Waals surface area contributed by atoms with Gasteiger partial charge in [0.1, 0.15) is 4.90 Å². The smallest absolute Gasteiger partial charge is 0.348 e. The monoisotopic (exact) mass is 419 g/mol. The number of ether oxygens (including phenoxy) is 2. The number of nitrogens with zero attached hydrogens (tertiary/aromatic N) is 1. The molecule has 7 nitrogen and oxygen atoms in total. The molecule has 0 saturated carbocycles. The van der Waals surface area contributed by atoms with Gasteiger partial charge in [-0.25, -0.2) is 4.79 Å². The first-order valence-electron chi connectivity index (χ1n) is 7.27. The molecule has 13 heteroatoms. The number of carbonyl (C=O) groups excluding carboxylic acids is 2. The number of morpholine rings is 1. The van der Waals surface area contributed by atoms with Gasteiger partial charge in [0, 0.05) is 19.2 Å². The minimum Gasteiger partial charge on any atom is -0.478 e. The topological polar surface area (TPSA) is 93.1 Å². The normalized spacial score (nSPS) is 21.8. The van der Waals surface area contributed by atoms with Gasteiger partial charge >= 0.3 is 22.2 Å². The van der Waals surface area contributed by atoms with E-state index in [4.69, 9.17) is 9.84 Å². The SMILES string of the molecule is CC(=O)OC(C(=O)O)C1OCCN(c2ccc(S(F)(F)(F)(F)F)cc2)C1=O. The summed E-state index contributed by atoms with van der Waals surface area (Å²) in [6.07, 6.45) is -3.71. The van der Waals surface area contributed by atoms with E-state index in [1.54, 1.807) is 0 Å². The van der Waals surface area contributed by atoms with Crippen LogP contribution in [0.5, 0.6) is 0 Å². The second-order valence-electron chi connectivity index (χ2n) is 5.61. The average molecular weight is 419 g/mol. The number of carboxylic acid groups (broad SMARTS) is 1. The minimum atomic E-state index is -9.86. The molecule has 1 N–H and O–H groups in total. The lowest BCUT2D eigenvalue weighted by atomic mass is 10.1. The van der Waals surface area contributed by atoms with Crippen molar-refractivity contribution in [2.45, 2.75) is 24.0 Å². The lowest BCUT2D eigenvalue weighted by Gasteiger charge is -2.40. The van der Waals surface area contributed by atoms with E-state index < -0.39 is 45.2 Å². The molecule has 2 atom stereocenters. The Morgan fingerprint density at radius 2 is 1.78 bits per heavy atom. The highest BCUT2D eigenvalue weighted by molar-refractivity contribution is 8.45. The van der Waals surface area contributed by atoms with Gasteiger partial charge in [0.15, 0.2) is 6.10 Å². The van der Waals surface area contributed by atoms with Crippen molar-refractivity contribution in [3.63, 3.8) is 0 Å². The predicted octanol–water partition coefficient (Wildman–Crippen LogP) is 3.09. The molecule has 2 unspecified atom stereocenters. The van der Waals surface area contributed by atoms with Crippen LogP contribution in [0.15, 0.2) is 29.2 Å². The summed E-state index contributed by atoms with van der Waals surface area (Å²) in [4.78, 5) is 33.4. The quantitative estimate of drug-likeness (QED) is 0.583. The van der Waals surface area contributed by atoms with Crippen molar-refractivity contribution >= 4 is 33.8 Å². The van der Waals surface area contributed by atoms with Gasteiger partial charge in [-0.3, -0.25) is 9.59 Å². The van der Waals surface area contributed by atoms with Gasteiger partial charge in [-0.1, -0.05) is 19.4 Å². The number of hydrogen-bond acceptors (Lipinski definition) is 5. The maximum Gasteiger partial charge on any atom is 0.348 e. The summed E-state index contributed by atoms with van der Waals surface area (Å²) in [6.45, 7) is 0.530. The summed E-state index contributed by atoms with van der Waals surface area (Å²) in [6, 6.07) is 1.59. The molecule has 1 amide bonds. The fourth-order valence-electron chi connectivity index (χ4n) is 2.38. The largest absolute Gasteiger partial charge is 0.478 e. The highest BCUT2D eigenvalue weighted by Gasteiger charge is 2.65. The Balaban J connectivity index is 2.30. The molecule has 1 aliphatic heterocycles. The summed E-state index contributed by atoms with van der Waals surface area (Å²) in [7, 11) is -9.86. The molecule has 1 aromatic carbocycles. The van der Waals surface area contributed by atoms with Crippen LogP contribution in [0.25, 0.3) is 0 Å². The first-order valence-corrected chi connectivity index (χ1v) is 9.22. The summed E-state index contributed by atoms with van der Waals surface area (Å²) in [5.74, 6) is -3.66.